The number of anilines is 2. The molecule has 0 unspecified atom stereocenters. The number of ether oxygens (including phenoxy) is 1. The maximum Gasteiger partial charge on any atom is 0.224 e. The highest BCUT2D eigenvalue weighted by Crippen LogP contribution is 2.29. The topological polar surface area (TPSA) is 90.0 Å². The molecular weight excluding hydrogens is 328 g/mol. The first-order valence-corrected chi connectivity index (χ1v) is 7.98. The molecule has 0 bridgehead atoms. The first-order valence-electron chi connectivity index (χ1n) is 7.60. The average molecular weight is 343 g/mol. The normalized spacial score (nSPS) is 15.0. The van der Waals surface area contributed by atoms with Gasteiger partial charge in [-0.3, -0.25) is 0 Å². The van der Waals surface area contributed by atoms with Crippen LogP contribution in [0.3, 0.4) is 0 Å². The highest BCUT2D eigenvalue weighted by molar-refractivity contribution is 6.33. The summed E-state index contributed by atoms with van der Waals surface area (Å²) in [6.07, 6.45) is 1.65. The van der Waals surface area contributed by atoms with E-state index < -0.39 is 0 Å². The van der Waals surface area contributed by atoms with Crippen LogP contribution >= 0.6 is 11.6 Å². The van der Waals surface area contributed by atoms with Crippen molar-refractivity contribution in [3.05, 3.63) is 35.5 Å². The van der Waals surface area contributed by atoms with E-state index in [9.17, 15) is 0 Å². The van der Waals surface area contributed by atoms with Crippen LogP contribution in [-0.4, -0.2) is 46.2 Å². The van der Waals surface area contributed by atoms with E-state index in [1.165, 1.54) is 0 Å². The quantitative estimate of drug-likeness (QED) is 0.763. The summed E-state index contributed by atoms with van der Waals surface area (Å²) < 4.78 is 5.40. The van der Waals surface area contributed by atoms with Gasteiger partial charge in [0.15, 0.2) is 17.0 Å². The lowest BCUT2D eigenvalue weighted by Gasteiger charge is -2.28. The van der Waals surface area contributed by atoms with Crippen LogP contribution in [0.1, 0.15) is 0 Å². The molecule has 0 amide bonds. The Morgan fingerprint density at radius 1 is 1.08 bits per heavy atom. The molecule has 24 heavy (non-hydrogen) atoms. The Kier molecular flexibility index (Phi) is 3.87. The monoisotopic (exact) mass is 342 g/mol. The zero-order valence-corrected chi connectivity index (χ0v) is 13.6. The molecule has 1 aliphatic rings. The molecule has 1 aromatic carbocycles. The predicted octanol–water partition coefficient (Wildman–Crippen LogP) is 2.16. The first kappa shape index (κ1) is 15.0. The number of halogens is 1. The van der Waals surface area contributed by atoms with Gasteiger partial charge in [0.25, 0.3) is 0 Å². The fraction of sp³-hybridized carbons (Fsp3) is 0.250. The van der Waals surface area contributed by atoms with Crippen LogP contribution in [0, 0.1) is 0 Å². The SMILES string of the molecule is Nc1nc(N2CCOCC2)c2nc(-c3ccccc3Cl)cnc2n1. The van der Waals surface area contributed by atoms with Gasteiger partial charge < -0.3 is 15.4 Å². The van der Waals surface area contributed by atoms with Crippen molar-refractivity contribution in [3.8, 4) is 11.3 Å². The van der Waals surface area contributed by atoms with Gasteiger partial charge in [-0.05, 0) is 6.07 Å². The van der Waals surface area contributed by atoms with Crippen molar-refractivity contribution in [1.82, 2.24) is 19.9 Å². The second kappa shape index (κ2) is 6.18. The van der Waals surface area contributed by atoms with Crippen molar-refractivity contribution in [2.45, 2.75) is 0 Å². The number of rotatable bonds is 2. The molecule has 4 rings (SSSR count). The van der Waals surface area contributed by atoms with Gasteiger partial charge in [-0.2, -0.15) is 9.97 Å². The van der Waals surface area contributed by atoms with Crippen molar-refractivity contribution in [3.63, 3.8) is 0 Å². The maximum atomic E-state index is 6.28. The molecule has 1 aliphatic heterocycles. The van der Waals surface area contributed by atoms with Crippen molar-refractivity contribution in [2.24, 2.45) is 0 Å². The summed E-state index contributed by atoms with van der Waals surface area (Å²) in [5.41, 5.74) is 8.42. The highest BCUT2D eigenvalue weighted by atomic mass is 35.5. The van der Waals surface area contributed by atoms with E-state index >= 15 is 0 Å². The van der Waals surface area contributed by atoms with Crippen LogP contribution in [0.5, 0.6) is 0 Å². The van der Waals surface area contributed by atoms with Crippen molar-refractivity contribution < 1.29 is 4.74 Å². The number of hydrogen-bond acceptors (Lipinski definition) is 7. The predicted molar refractivity (Wildman–Crippen MR) is 93.0 cm³/mol. The molecule has 8 heteroatoms. The molecule has 0 aliphatic carbocycles. The lowest BCUT2D eigenvalue weighted by atomic mass is 10.1. The minimum atomic E-state index is 0.184. The third-order valence-electron chi connectivity index (χ3n) is 3.87. The Bertz CT molecular complexity index is 897. The number of fused-ring (bicyclic) bond motifs is 1. The number of benzene rings is 1. The number of hydrogen-bond donors (Lipinski definition) is 1. The summed E-state index contributed by atoms with van der Waals surface area (Å²) in [4.78, 5) is 19.8. The van der Waals surface area contributed by atoms with Crippen molar-refractivity contribution in [1.29, 1.82) is 0 Å². The molecule has 122 valence electrons. The Hall–Kier alpha value is -2.51. The molecule has 0 atom stereocenters. The van der Waals surface area contributed by atoms with Gasteiger partial charge in [-0.15, -0.1) is 0 Å². The Balaban J connectivity index is 1.88. The third kappa shape index (κ3) is 2.72. The molecule has 1 fully saturated rings. The Morgan fingerprint density at radius 2 is 1.88 bits per heavy atom. The minimum absolute atomic E-state index is 0.184. The highest BCUT2D eigenvalue weighted by Gasteiger charge is 2.19. The van der Waals surface area contributed by atoms with Gasteiger partial charge in [-0.1, -0.05) is 29.8 Å². The molecule has 0 spiro atoms. The largest absolute Gasteiger partial charge is 0.378 e. The second-order valence-electron chi connectivity index (χ2n) is 5.41. The molecule has 0 radical (unpaired) electrons. The van der Waals surface area contributed by atoms with Gasteiger partial charge >= 0.3 is 0 Å². The zero-order valence-electron chi connectivity index (χ0n) is 12.8. The molecule has 0 saturated carbocycles. The first-order chi connectivity index (χ1) is 11.7. The Morgan fingerprint density at radius 3 is 2.67 bits per heavy atom. The molecule has 7 nitrogen and oxygen atoms in total. The smallest absolute Gasteiger partial charge is 0.224 e. The summed E-state index contributed by atoms with van der Waals surface area (Å²) in [5.74, 6) is 0.867. The summed E-state index contributed by atoms with van der Waals surface area (Å²) in [7, 11) is 0. The lowest BCUT2D eigenvalue weighted by molar-refractivity contribution is 0.122. The fourth-order valence-electron chi connectivity index (χ4n) is 2.70. The summed E-state index contributed by atoms with van der Waals surface area (Å²) in [6.45, 7) is 2.74. The van der Waals surface area contributed by atoms with E-state index in [0.717, 1.165) is 18.7 Å². The number of nitrogen functional groups attached to an aromatic ring is 1. The van der Waals surface area contributed by atoms with E-state index in [-0.39, 0.29) is 5.95 Å². The lowest BCUT2D eigenvalue weighted by Crippen LogP contribution is -2.37. The van der Waals surface area contributed by atoms with Crippen LogP contribution in [0.2, 0.25) is 5.02 Å². The van der Waals surface area contributed by atoms with Crippen LogP contribution < -0.4 is 10.6 Å². The molecule has 2 aromatic heterocycles. The van der Waals surface area contributed by atoms with E-state index in [1.807, 2.05) is 24.3 Å². The summed E-state index contributed by atoms with van der Waals surface area (Å²) in [6, 6.07) is 7.52. The fourth-order valence-corrected chi connectivity index (χ4v) is 2.94. The second-order valence-corrected chi connectivity index (χ2v) is 5.82. The molecule has 3 aromatic rings. The average Bonchev–Trinajstić information content (AvgIpc) is 2.62. The third-order valence-corrected chi connectivity index (χ3v) is 4.20. The standard InChI is InChI=1S/C16H15ClN6O/c17-11-4-2-1-3-10(11)12-9-19-14-13(20-12)15(22-16(18)21-14)23-5-7-24-8-6-23/h1-4,9H,5-8H2,(H2,18,19,21,22). The van der Waals surface area contributed by atoms with Crippen LogP contribution in [0.25, 0.3) is 22.4 Å². The molecule has 1 saturated heterocycles. The summed E-state index contributed by atoms with van der Waals surface area (Å²) >= 11 is 6.28. The van der Waals surface area contributed by atoms with Crippen LogP contribution in [-0.2, 0) is 4.74 Å². The van der Waals surface area contributed by atoms with Crippen LogP contribution in [0.15, 0.2) is 30.5 Å². The van der Waals surface area contributed by atoms with Gasteiger partial charge in [0, 0.05) is 18.7 Å². The van der Waals surface area contributed by atoms with Gasteiger partial charge in [0.2, 0.25) is 5.95 Å². The van der Waals surface area contributed by atoms with E-state index in [1.54, 1.807) is 6.20 Å². The maximum absolute atomic E-state index is 6.28. The Labute approximate surface area is 143 Å². The molecular formula is C16H15ClN6O. The van der Waals surface area contributed by atoms with E-state index in [4.69, 9.17) is 27.1 Å². The van der Waals surface area contributed by atoms with E-state index in [0.29, 0.717) is 40.9 Å². The number of aromatic nitrogens is 4. The number of morpholine rings is 1. The van der Waals surface area contributed by atoms with Gasteiger partial charge in [0.1, 0.15) is 0 Å². The zero-order chi connectivity index (χ0) is 16.5. The van der Waals surface area contributed by atoms with Crippen LogP contribution in [0.4, 0.5) is 11.8 Å². The van der Waals surface area contributed by atoms with Crippen molar-refractivity contribution in [2.75, 3.05) is 36.9 Å². The van der Waals surface area contributed by atoms with Crippen molar-refractivity contribution >= 4 is 34.5 Å². The van der Waals surface area contributed by atoms with Gasteiger partial charge in [0.05, 0.1) is 30.1 Å². The minimum Gasteiger partial charge on any atom is -0.378 e. The van der Waals surface area contributed by atoms with Gasteiger partial charge in [-0.25, -0.2) is 9.97 Å². The molecule has 2 N–H and O–H groups in total. The number of nitrogens with two attached hydrogens (primary N) is 1. The number of nitrogens with zero attached hydrogens (tertiary/aromatic N) is 5. The molecule has 3 heterocycles. The van der Waals surface area contributed by atoms with E-state index in [2.05, 4.69) is 19.9 Å². The summed E-state index contributed by atoms with van der Waals surface area (Å²) in [5, 5.41) is 0.621.